The van der Waals surface area contributed by atoms with Crippen LogP contribution in [0.3, 0.4) is 0 Å². The molecule has 1 aliphatic heterocycles. The minimum absolute atomic E-state index is 0.294. The van der Waals surface area contributed by atoms with Crippen LogP contribution >= 0.6 is 0 Å². The van der Waals surface area contributed by atoms with Crippen molar-refractivity contribution in [3.05, 3.63) is 35.4 Å². The van der Waals surface area contributed by atoms with Crippen LogP contribution in [0, 0.1) is 11.6 Å². The molecule has 0 aromatic heterocycles. The Morgan fingerprint density at radius 3 is 2.45 bits per heavy atom. The first-order chi connectivity index (χ1) is 9.20. The van der Waals surface area contributed by atoms with E-state index >= 15 is 0 Å². The third-order valence-electron chi connectivity index (χ3n) is 3.41. The van der Waals surface area contributed by atoms with Crippen LogP contribution in [-0.2, 0) is 15.0 Å². The average Bonchev–Trinajstić information content (AvgIpc) is 2.74. The summed E-state index contributed by atoms with van der Waals surface area (Å²) in [7, 11) is -4.80. The maximum atomic E-state index is 13.2. The molecule has 2 atom stereocenters. The van der Waals surface area contributed by atoms with E-state index in [0.717, 1.165) is 17.0 Å². The lowest BCUT2D eigenvalue weighted by atomic mass is 10.1. The third-order valence-corrected chi connectivity index (χ3v) is 4.53. The van der Waals surface area contributed by atoms with Crippen molar-refractivity contribution < 1.29 is 25.9 Å². The summed E-state index contributed by atoms with van der Waals surface area (Å²) in [5, 5.41) is -1.40. The molecule has 0 saturated carbocycles. The van der Waals surface area contributed by atoms with Gasteiger partial charge in [0.25, 0.3) is 0 Å². The Hall–Kier alpha value is -1.57. The molecule has 4 nitrogen and oxygen atoms in total. The summed E-state index contributed by atoms with van der Waals surface area (Å²) in [4.78, 5) is 12.9. The highest BCUT2D eigenvalue weighted by Gasteiger charge is 2.40. The molecule has 0 radical (unpaired) electrons. The Morgan fingerprint density at radius 1 is 1.30 bits per heavy atom. The van der Waals surface area contributed by atoms with Gasteiger partial charge >= 0.3 is 10.2 Å². The van der Waals surface area contributed by atoms with Crippen LogP contribution in [0.4, 0.5) is 12.7 Å². The number of benzene rings is 1. The van der Waals surface area contributed by atoms with E-state index in [1.165, 1.54) is 13.0 Å². The number of hydrogen-bond donors (Lipinski definition) is 0. The van der Waals surface area contributed by atoms with E-state index in [2.05, 4.69) is 0 Å². The second-order valence-electron chi connectivity index (χ2n) is 4.70. The number of amides is 1. The summed E-state index contributed by atoms with van der Waals surface area (Å²) in [6.07, 6.45) is -0.438. The van der Waals surface area contributed by atoms with Crippen molar-refractivity contribution in [1.29, 1.82) is 0 Å². The monoisotopic (exact) mass is 307 g/mol. The number of hydrogen-bond acceptors (Lipinski definition) is 3. The first-order valence-corrected chi connectivity index (χ1v) is 7.32. The Kier molecular flexibility index (Phi) is 3.77. The van der Waals surface area contributed by atoms with Gasteiger partial charge in [0.1, 0.15) is 5.25 Å². The van der Waals surface area contributed by atoms with E-state index in [1.54, 1.807) is 0 Å². The lowest BCUT2D eigenvalue weighted by molar-refractivity contribution is -0.129. The average molecular weight is 307 g/mol. The number of carbonyl (C=O) groups is 1. The van der Waals surface area contributed by atoms with Crippen molar-refractivity contribution in [1.82, 2.24) is 4.90 Å². The van der Waals surface area contributed by atoms with Gasteiger partial charge in [0.05, 0.1) is 6.04 Å². The maximum Gasteiger partial charge on any atom is 0.307 e. The second kappa shape index (κ2) is 5.08. The molecule has 20 heavy (non-hydrogen) atoms. The zero-order valence-electron chi connectivity index (χ0n) is 10.5. The molecule has 1 heterocycles. The zero-order valence-corrected chi connectivity index (χ0v) is 11.3. The van der Waals surface area contributed by atoms with Gasteiger partial charge in [-0.3, -0.25) is 4.79 Å². The molecule has 1 aliphatic rings. The van der Waals surface area contributed by atoms with Gasteiger partial charge in [-0.25, -0.2) is 8.78 Å². The smallest absolute Gasteiger partial charge is 0.307 e. The van der Waals surface area contributed by atoms with Gasteiger partial charge in [0, 0.05) is 13.0 Å². The van der Waals surface area contributed by atoms with Gasteiger partial charge in [0.15, 0.2) is 11.6 Å². The highest BCUT2D eigenvalue weighted by Crippen LogP contribution is 2.29. The number of nitrogens with zero attached hydrogens (tertiary/aromatic N) is 1. The van der Waals surface area contributed by atoms with Gasteiger partial charge in [-0.15, -0.1) is 3.89 Å². The van der Waals surface area contributed by atoms with Gasteiger partial charge in [-0.2, -0.15) is 8.42 Å². The minimum atomic E-state index is -4.80. The molecule has 1 aromatic carbocycles. The zero-order chi connectivity index (χ0) is 15.1. The van der Waals surface area contributed by atoms with Gasteiger partial charge < -0.3 is 4.90 Å². The molecule has 2 rings (SSSR count). The lowest BCUT2D eigenvalue weighted by Gasteiger charge is -2.25. The Bertz CT molecular complexity index is 647. The van der Waals surface area contributed by atoms with Crippen molar-refractivity contribution in [2.75, 3.05) is 6.54 Å². The molecule has 1 amide bonds. The summed E-state index contributed by atoms with van der Waals surface area (Å²) in [5.74, 6) is -2.61. The molecule has 2 unspecified atom stereocenters. The minimum Gasteiger partial charge on any atom is -0.334 e. The summed E-state index contributed by atoms with van der Waals surface area (Å²) >= 11 is 0. The van der Waals surface area contributed by atoms with Crippen LogP contribution in [0.5, 0.6) is 0 Å². The van der Waals surface area contributed by atoms with E-state index in [9.17, 15) is 25.9 Å². The first-order valence-electron chi connectivity index (χ1n) is 5.88. The molecule has 1 saturated heterocycles. The fourth-order valence-electron chi connectivity index (χ4n) is 2.21. The van der Waals surface area contributed by atoms with E-state index < -0.39 is 45.5 Å². The van der Waals surface area contributed by atoms with Gasteiger partial charge in [0.2, 0.25) is 5.91 Å². The molecule has 0 bridgehead atoms. The van der Waals surface area contributed by atoms with Crippen LogP contribution in [0.25, 0.3) is 0 Å². The first kappa shape index (κ1) is 14.8. The lowest BCUT2D eigenvalue weighted by Crippen LogP contribution is -2.30. The molecule has 1 aromatic rings. The van der Waals surface area contributed by atoms with E-state index in [-0.39, 0.29) is 6.54 Å². The number of carbonyl (C=O) groups excluding carboxylic acids is 1. The topological polar surface area (TPSA) is 54.5 Å². The highest BCUT2D eigenvalue weighted by molar-refractivity contribution is 7.87. The Labute approximate surface area is 114 Å². The van der Waals surface area contributed by atoms with Crippen molar-refractivity contribution in [2.24, 2.45) is 0 Å². The van der Waals surface area contributed by atoms with Crippen LogP contribution in [0.15, 0.2) is 18.2 Å². The maximum absolute atomic E-state index is 13.2. The van der Waals surface area contributed by atoms with Crippen LogP contribution in [0.2, 0.25) is 0 Å². The van der Waals surface area contributed by atoms with Crippen molar-refractivity contribution in [3.63, 3.8) is 0 Å². The quantitative estimate of drug-likeness (QED) is 0.802. The molecule has 8 heteroatoms. The summed E-state index contributed by atoms with van der Waals surface area (Å²) < 4.78 is 60.6. The molecule has 110 valence electrons. The summed E-state index contributed by atoms with van der Waals surface area (Å²) in [5.41, 5.74) is 0.314. The molecule has 0 spiro atoms. The number of likely N-dealkylation sites (tertiary alicyclic amines) is 1. The van der Waals surface area contributed by atoms with Gasteiger partial charge in [-0.05, 0) is 24.6 Å². The molecule has 1 fully saturated rings. The molecular formula is C12H12F3NO3S. The van der Waals surface area contributed by atoms with Crippen molar-refractivity contribution >= 4 is 16.1 Å². The van der Waals surface area contributed by atoms with Crippen LogP contribution < -0.4 is 0 Å². The SMILES string of the molecule is CC(c1ccc(F)c(F)c1)N1CC(S(=O)(=O)F)CC1=O. The number of halogens is 3. The van der Waals surface area contributed by atoms with Crippen molar-refractivity contribution in [3.8, 4) is 0 Å². The number of rotatable bonds is 3. The summed E-state index contributed by atoms with van der Waals surface area (Å²) in [6, 6.07) is 2.49. The summed E-state index contributed by atoms with van der Waals surface area (Å²) in [6.45, 7) is 1.25. The van der Waals surface area contributed by atoms with Crippen molar-refractivity contribution in [2.45, 2.75) is 24.6 Å². The van der Waals surface area contributed by atoms with Crippen LogP contribution in [-0.4, -0.2) is 31.0 Å². The Morgan fingerprint density at radius 2 is 1.95 bits per heavy atom. The standard InChI is InChI=1S/C12H12F3NO3S/c1-7(8-2-3-10(13)11(14)4-8)16-6-9(5-12(16)17)20(15,18)19/h2-4,7,9H,5-6H2,1H3. The predicted octanol–water partition coefficient (Wildman–Crippen LogP) is 1.93. The second-order valence-corrected chi connectivity index (χ2v) is 6.32. The normalized spacial score (nSPS) is 21.3. The largest absolute Gasteiger partial charge is 0.334 e. The molecular weight excluding hydrogens is 295 g/mol. The predicted molar refractivity (Wildman–Crippen MR) is 64.9 cm³/mol. The molecule has 0 aliphatic carbocycles. The Balaban J connectivity index is 2.23. The molecule has 0 N–H and O–H groups in total. The van der Waals surface area contributed by atoms with E-state index in [1.807, 2.05) is 0 Å². The third kappa shape index (κ3) is 2.79. The van der Waals surface area contributed by atoms with Gasteiger partial charge in [-0.1, -0.05) is 6.07 Å². The fourth-order valence-corrected chi connectivity index (χ4v) is 2.89. The van der Waals surface area contributed by atoms with Crippen LogP contribution in [0.1, 0.15) is 24.9 Å². The fraction of sp³-hybridized carbons (Fsp3) is 0.417. The van der Waals surface area contributed by atoms with E-state index in [4.69, 9.17) is 0 Å². The van der Waals surface area contributed by atoms with E-state index in [0.29, 0.717) is 5.56 Å². The highest BCUT2D eigenvalue weighted by atomic mass is 32.3.